The number of rotatable bonds is 3. The number of ketones is 1. The Bertz CT molecular complexity index is 409. The van der Waals surface area contributed by atoms with Gasteiger partial charge in [-0.15, -0.1) is 0 Å². The van der Waals surface area contributed by atoms with Gasteiger partial charge in [0.1, 0.15) is 0 Å². The largest absolute Gasteiger partial charge is 0.358 e. The zero-order chi connectivity index (χ0) is 10.8. The number of fused-ring (bicyclic) bond motifs is 1. The monoisotopic (exact) mass is 222 g/mol. The van der Waals surface area contributed by atoms with Crippen molar-refractivity contribution in [2.75, 3.05) is 11.9 Å². The third-order valence-electron chi connectivity index (χ3n) is 2.31. The van der Waals surface area contributed by atoms with E-state index in [9.17, 15) is 4.79 Å². The fourth-order valence-electron chi connectivity index (χ4n) is 1.57. The van der Waals surface area contributed by atoms with Crippen LogP contribution in [0.5, 0.6) is 0 Å². The van der Waals surface area contributed by atoms with E-state index in [4.69, 9.17) is 0 Å². The quantitative estimate of drug-likeness (QED) is 0.799. The Morgan fingerprint density at radius 3 is 3.07 bits per heavy atom. The van der Waals surface area contributed by atoms with Crippen LogP contribution in [0.1, 0.15) is 35.1 Å². The molecule has 0 bridgehead atoms. The highest BCUT2D eigenvalue weighted by Crippen LogP contribution is 2.29. The molecular formula is C11H14N2OS. The molecule has 0 aliphatic heterocycles. The zero-order valence-corrected chi connectivity index (χ0v) is 9.62. The van der Waals surface area contributed by atoms with Crippen molar-refractivity contribution in [3.8, 4) is 0 Å². The lowest BCUT2D eigenvalue weighted by Crippen LogP contribution is -2.07. The van der Waals surface area contributed by atoms with Crippen LogP contribution < -0.4 is 5.32 Å². The number of aromatic nitrogens is 1. The molecule has 1 aromatic rings. The second kappa shape index (κ2) is 4.14. The predicted molar refractivity (Wildman–Crippen MR) is 62.7 cm³/mol. The van der Waals surface area contributed by atoms with E-state index in [1.54, 1.807) is 0 Å². The molecule has 1 aliphatic carbocycles. The van der Waals surface area contributed by atoms with Crippen molar-refractivity contribution in [3.63, 3.8) is 0 Å². The zero-order valence-electron chi connectivity index (χ0n) is 8.80. The van der Waals surface area contributed by atoms with Gasteiger partial charge in [-0.25, -0.2) is 4.98 Å². The topological polar surface area (TPSA) is 42.0 Å². The summed E-state index contributed by atoms with van der Waals surface area (Å²) < 4.78 is 0. The molecule has 1 N–H and O–H groups in total. The molecule has 1 aliphatic rings. The minimum atomic E-state index is 0.247. The van der Waals surface area contributed by atoms with Gasteiger partial charge in [0.2, 0.25) is 0 Å². The number of nitrogens with zero attached hydrogens (tertiary/aromatic N) is 1. The number of carbonyl (C=O) groups is 1. The van der Waals surface area contributed by atoms with Crippen LogP contribution in [0.25, 0.3) is 0 Å². The lowest BCUT2D eigenvalue weighted by atomic mass is 10.0. The SMILES string of the molecule is C=C(C)CNc1nc2c(s1)C(=O)CCC2. The van der Waals surface area contributed by atoms with Gasteiger partial charge in [-0.05, 0) is 19.8 Å². The smallest absolute Gasteiger partial charge is 0.183 e. The Hall–Kier alpha value is -1.16. The number of hydrogen-bond donors (Lipinski definition) is 1. The van der Waals surface area contributed by atoms with Crippen LogP contribution in [0, 0.1) is 0 Å². The summed E-state index contributed by atoms with van der Waals surface area (Å²) in [5.41, 5.74) is 2.04. The summed E-state index contributed by atoms with van der Waals surface area (Å²) in [5, 5.41) is 4.02. The fraction of sp³-hybridized carbons (Fsp3) is 0.455. The minimum absolute atomic E-state index is 0.247. The standard InChI is InChI=1S/C11H14N2OS/c1-7(2)6-12-11-13-8-4-3-5-9(14)10(8)15-11/h1,3-6H2,2H3,(H,12,13). The van der Waals surface area contributed by atoms with Crippen LogP contribution in [0.15, 0.2) is 12.2 Å². The number of thiazole rings is 1. The van der Waals surface area contributed by atoms with Crippen molar-refractivity contribution in [1.82, 2.24) is 4.98 Å². The molecular weight excluding hydrogens is 208 g/mol. The predicted octanol–water partition coefficient (Wildman–Crippen LogP) is 2.65. The van der Waals surface area contributed by atoms with E-state index >= 15 is 0 Å². The summed E-state index contributed by atoms with van der Waals surface area (Å²) in [6.07, 6.45) is 2.55. The summed E-state index contributed by atoms with van der Waals surface area (Å²) in [6.45, 7) is 6.50. The molecule has 0 saturated carbocycles. The molecule has 0 unspecified atom stereocenters. The molecule has 0 spiro atoms. The molecule has 0 radical (unpaired) electrons. The maximum atomic E-state index is 11.6. The van der Waals surface area contributed by atoms with E-state index in [0.29, 0.717) is 6.42 Å². The summed E-state index contributed by atoms with van der Waals surface area (Å²) >= 11 is 1.47. The Morgan fingerprint density at radius 2 is 2.40 bits per heavy atom. The van der Waals surface area contributed by atoms with Gasteiger partial charge in [0, 0.05) is 13.0 Å². The highest BCUT2D eigenvalue weighted by atomic mass is 32.1. The first-order chi connectivity index (χ1) is 7.16. The van der Waals surface area contributed by atoms with E-state index in [1.807, 2.05) is 6.92 Å². The fourth-order valence-corrected chi connectivity index (χ4v) is 2.55. The average molecular weight is 222 g/mol. The van der Waals surface area contributed by atoms with Crippen molar-refractivity contribution >= 4 is 22.3 Å². The second-order valence-corrected chi connectivity index (χ2v) is 4.88. The highest BCUT2D eigenvalue weighted by Gasteiger charge is 2.21. The average Bonchev–Trinajstić information content (AvgIpc) is 2.59. The molecule has 0 saturated heterocycles. The van der Waals surface area contributed by atoms with Crippen molar-refractivity contribution in [2.24, 2.45) is 0 Å². The maximum Gasteiger partial charge on any atom is 0.183 e. The second-order valence-electron chi connectivity index (χ2n) is 3.88. The van der Waals surface area contributed by atoms with Crippen LogP contribution in [-0.2, 0) is 6.42 Å². The van der Waals surface area contributed by atoms with Gasteiger partial charge in [0.25, 0.3) is 0 Å². The van der Waals surface area contributed by atoms with Crippen LogP contribution in [-0.4, -0.2) is 17.3 Å². The van der Waals surface area contributed by atoms with Gasteiger partial charge < -0.3 is 5.32 Å². The van der Waals surface area contributed by atoms with Gasteiger partial charge >= 0.3 is 0 Å². The lowest BCUT2D eigenvalue weighted by Gasteiger charge is -2.05. The van der Waals surface area contributed by atoms with Gasteiger partial charge in [0.05, 0.1) is 10.6 Å². The van der Waals surface area contributed by atoms with Gasteiger partial charge in [-0.2, -0.15) is 0 Å². The van der Waals surface area contributed by atoms with Crippen LogP contribution in [0.2, 0.25) is 0 Å². The van der Waals surface area contributed by atoms with Crippen molar-refractivity contribution < 1.29 is 4.79 Å². The van der Waals surface area contributed by atoms with E-state index in [-0.39, 0.29) is 5.78 Å². The first-order valence-corrected chi connectivity index (χ1v) is 5.89. The summed E-state index contributed by atoms with van der Waals surface area (Å²) in [5.74, 6) is 0.247. The first-order valence-electron chi connectivity index (χ1n) is 5.08. The Labute approximate surface area is 93.2 Å². The molecule has 3 nitrogen and oxygen atoms in total. The molecule has 0 fully saturated rings. The maximum absolute atomic E-state index is 11.6. The van der Waals surface area contributed by atoms with Gasteiger partial charge in [0.15, 0.2) is 10.9 Å². The number of Topliss-reactive ketones (excluding diaryl/α,β-unsaturated/α-hetero) is 1. The van der Waals surface area contributed by atoms with Crippen LogP contribution in [0.4, 0.5) is 5.13 Å². The third kappa shape index (κ3) is 2.26. The molecule has 2 rings (SSSR count). The molecule has 0 amide bonds. The van der Waals surface area contributed by atoms with Crippen molar-refractivity contribution in [1.29, 1.82) is 0 Å². The highest BCUT2D eigenvalue weighted by molar-refractivity contribution is 7.17. The first kappa shape index (κ1) is 10.4. The Balaban J connectivity index is 2.14. The van der Waals surface area contributed by atoms with Gasteiger partial charge in [-0.3, -0.25) is 4.79 Å². The molecule has 0 aromatic carbocycles. The summed E-state index contributed by atoms with van der Waals surface area (Å²) in [4.78, 5) is 16.8. The third-order valence-corrected chi connectivity index (χ3v) is 3.41. The van der Waals surface area contributed by atoms with E-state index in [2.05, 4.69) is 16.9 Å². The molecule has 0 atom stereocenters. The van der Waals surface area contributed by atoms with Crippen LogP contribution in [0.3, 0.4) is 0 Å². The van der Waals surface area contributed by atoms with Crippen LogP contribution >= 0.6 is 11.3 Å². The number of anilines is 1. The van der Waals surface area contributed by atoms with Crippen molar-refractivity contribution in [2.45, 2.75) is 26.2 Å². The molecule has 80 valence electrons. The number of hydrogen-bond acceptors (Lipinski definition) is 4. The van der Waals surface area contributed by atoms with E-state index in [0.717, 1.165) is 40.7 Å². The van der Waals surface area contributed by atoms with E-state index in [1.165, 1.54) is 11.3 Å². The van der Waals surface area contributed by atoms with E-state index < -0.39 is 0 Å². The Kier molecular flexibility index (Phi) is 2.86. The Morgan fingerprint density at radius 1 is 1.60 bits per heavy atom. The summed E-state index contributed by atoms with van der Waals surface area (Å²) in [6, 6.07) is 0. The number of aryl methyl sites for hydroxylation is 1. The molecule has 4 heteroatoms. The number of carbonyl (C=O) groups excluding carboxylic acids is 1. The minimum Gasteiger partial charge on any atom is -0.358 e. The molecule has 1 aromatic heterocycles. The molecule has 15 heavy (non-hydrogen) atoms. The normalized spacial score (nSPS) is 14.9. The summed E-state index contributed by atoms with van der Waals surface area (Å²) in [7, 11) is 0. The lowest BCUT2D eigenvalue weighted by molar-refractivity contribution is 0.0976. The van der Waals surface area contributed by atoms with Gasteiger partial charge in [-0.1, -0.05) is 23.5 Å². The number of nitrogens with one attached hydrogen (secondary N) is 1. The molecule has 1 heterocycles. The van der Waals surface area contributed by atoms with Crippen molar-refractivity contribution in [3.05, 3.63) is 22.7 Å².